The van der Waals surface area contributed by atoms with Crippen LogP contribution >= 0.6 is 33.3 Å². The number of esters is 1. The van der Waals surface area contributed by atoms with Gasteiger partial charge in [0.05, 0.1) is 5.25 Å². The number of carbonyl (C=O) groups excluding carboxylic acids is 4. The number of benzene rings is 2. The van der Waals surface area contributed by atoms with E-state index in [2.05, 4.69) is 5.32 Å². The van der Waals surface area contributed by atoms with Crippen molar-refractivity contribution in [2.24, 2.45) is 0 Å². The molecule has 2 N–H and O–H groups in total. The minimum atomic E-state index is -0.680. The van der Waals surface area contributed by atoms with Gasteiger partial charge in [-0.1, -0.05) is 129 Å². The molecule has 1 heterocycles. The zero-order valence-electron chi connectivity index (χ0n) is 33.2. The van der Waals surface area contributed by atoms with Crippen LogP contribution in [0.1, 0.15) is 146 Å². The topological polar surface area (TPSA) is 130 Å². The van der Waals surface area contributed by atoms with Crippen molar-refractivity contribution in [2.75, 3.05) is 35.7 Å². The summed E-state index contributed by atoms with van der Waals surface area (Å²) in [5.41, 5.74) is 4.84. The van der Waals surface area contributed by atoms with Crippen molar-refractivity contribution in [3.05, 3.63) is 53.6 Å². The highest BCUT2D eigenvalue weighted by Crippen LogP contribution is 2.45. The Morgan fingerprint density at radius 2 is 1.30 bits per heavy atom. The van der Waals surface area contributed by atoms with Gasteiger partial charge in [0.1, 0.15) is 6.61 Å². The standard InChI is InChI=1S/C44H62N2O7S3/c1-33(47)53-32-39-36-21-16-15-20-35(36)37-24-23-34(30-38(37)39)45-41(48)25-26-46-42(49)31-40(44(46)52)54-27-17-11-7-4-5-9-13-19-29-56-55-28-18-12-8-3-2-6-10-14-22-43(50)51/h15-16,20-21,23-24,30,39-40H,2-14,17-19,22,25-29,31-32H2,1H3,(H,45,48)(H,50,51). The van der Waals surface area contributed by atoms with Crippen molar-refractivity contribution in [3.8, 4) is 11.1 Å². The lowest BCUT2D eigenvalue weighted by Gasteiger charge is -2.16. The number of thioether (sulfide) groups is 1. The number of carboxylic acid groups (broad SMARTS) is 1. The fourth-order valence-electron chi connectivity index (χ4n) is 7.39. The van der Waals surface area contributed by atoms with Gasteiger partial charge in [-0.25, -0.2) is 0 Å². The summed E-state index contributed by atoms with van der Waals surface area (Å²) in [4.78, 5) is 62.0. The Bertz CT molecular complexity index is 1570. The summed E-state index contributed by atoms with van der Waals surface area (Å²) in [7, 11) is 4.04. The van der Waals surface area contributed by atoms with Gasteiger partial charge >= 0.3 is 11.9 Å². The number of aliphatic carboxylic acids is 1. The van der Waals surface area contributed by atoms with Crippen molar-refractivity contribution in [1.29, 1.82) is 0 Å². The average Bonchev–Trinajstić information content (AvgIpc) is 3.63. The summed E-state index contributed by atoms with van der Waals surface area (Å²) < 4.78 is 5.37. The number of imide groups is 1. The smallest absolute Gasteiger partial charge is 0.303 e. The van der Waals surface area contributed by atoms with Gasteiger partial charge in [0, 0.05) is 55.8 Å². The molecule has 4 rings (SSSR count). The van der Waals surface area contributed by atoms with Crippen molar-refractivity contribution in [3.63, 3.8) is 0 Å². The van der Waals surface area contributed by atoms with E-state index < -0.39 is 5.97 Å². The minimum absolute atomic E-state index is 0.0312. The number of nitrogens with one attached hydrogen (secondary N) is 1. The Morgan fingerprint density at radius 3 is 1.93 bits per heavy atom. The van der Waals surface area contributed by atoms with Crippen LogP contribution in [0.5, 0.6) is 0 Å². The third kappa shape index (κ3) is 16.1. The van der Waals surface area contributed by atoms with E-state index in [1.54, 1.807) is 11.8 Å². The summed E-state index contributed by atoms with van der Waals surface area (Å²) in [6, 6.07) is 13.8. The summed E-state index contributed by atoms with van der Waals surface area (Å²) in [5.74, 6) is 1.55. The Balaban J connectivity index is 0.972. The van der Waals surface area contributed by atoms with Crippen LogP contribution in [-0.2, 0) is 28.7 Å². The van der Waals surface area contributed by atoms with Gasteiger partial charge < -0.3 is 15.2 Å². The molecule has 1 aliphatic heterocycles. The second-order valence-corrected chi connectivity index (χ2v) is 18.9. The van der Waals surface area contributed by atoms with Gasteiger partial charge in [-0.3, -0.25) is 28.9 Å². The molecule has 1 fully saturated rings. The van der Waals surface area contributed by atoms with Gasteiger partial charge in [-0.15, -0.1) is 11.8 Å². The summed E-state index contributed by atoms with van der Waals surface area (Å²) >= 11 is 1.58. The van der Waals surface area contributed by atoms with Crippen molar-refractivity contribution < 1.29 is 33.8 Å². The molecule has 2 aromatic rings. The third-order valence-corrected chi connectivity index (χ3v) is 14.3. The Kier molecular flexibility index (Phi) is 21.3. The van der Waals surface area contributed by atoms with Crippen LogP contribution < -0.4 is 5.32 Å². The lowest BCUT2D eigenvalue weighted by molar-refractivity contribution is -0.141. The van der Waals surface area contributed by atoms with Crippen LogP contribution in [0.4, 0.5) is 5.69 Å². The molecule has 2 aromatic carbocycles. The maximum absolute atomic E-state index is 13.0. The fourth-order valence-corrected chi connectivity index (χ4v) is 10.9. The second-order valence-electron chi connectivity index (χ2n) is 14.9. The molecular formula is C44H62N2O7S3. The monoisotopic (exact) mass is 826 g/mol. The lowest BCUT2D eigenvalue weighted by Crippen LogP contribution is -2.34. The van der Waals surface area contributed by atoms with Gasteiger partial charge in [0.2, 0.25) is 17.7 Å². The molecule has 1 saturated heterocycles. The van der Waals surface area contributed by atoms with Gasteiger partial charge in [-0.2, -0.15) is 0 Å². The first-order valence-electron chi connectivity index (χ1n) is 20.8. The highest BCUT2D eigenvalue weighted by atomic mass is 33.1. The van der Waals surface area contributed by atoms with Crippen LogP contribution in [0.2, 0.25) is 0 Å². The Morgan fingerprint density at radius 1 is 0.732 bits per heavy atom. The van der Waals surface area contributed by atoms with E-state index in [0.717, 1.165) is 60.1 Å². The number of hydrogen-bond donors (Lipinski definition) is 2. The third-order valence-electron chi connectivity index (χ3n) is 10.4. The molecule has 0 aromatic heterocycles. The molecular weight excluding hydrogens is 765 g/mol. The summed E-state index contributed by atoms with van der Waals surface area (Å²) in [6.07, 6.45) is 19.8. The lowest BCUT2D eigenvalue weighted by atomic mass is 9.97. The first-order chi connectivity index (χ1) is 27.2. The maximum atomic E-state index is 13.0. The Hall–Kier alpha value is -2.96. The van der Waals surface area contributed by atoms with Crippen molar-refractivity contribution >= 4 is 68.7 Å². The predicted molar refractivity (Wildman–Crippen MR) is 232 cm³/mol. The molecule has 0 spiro atoms. The molecule has 0 radical (unpaired) electrons. The van der Waals surface area contributed by atoms with E-state index in [9.17, 15) is 24.0 Å². The van der Waals surface area contributed by atoms with Crippen LogP contribution in [0, 0.1) is 0 Å². The average molecular weight is 827 g/mol. The second kappa shape index (κ2) is 26.1. The fraction of sp³-hybridized carbons (Fsp3) is 0.614. The molecule has 2 atom stereocenters. The number of ether oxygens (including phenoxy) is 1. The molecule has 2 unspecified atom stereocenters. The van der Waals surface area contributed by atoms with Gasteiger partial charge in [0.15, 0.2) is 0 Å². The first kappa shape index (κ1) is 45.7. The number of carboxylic acids is 1. The number of carbonyl (C=O) groups is 5. The first-order valence-corrected chi connectivity index (χ1v) is 24.4. The molecule has 0 saturated carbocycles. The highest BCUT2D eigenvalue weighted by Gasteiger charge is 2.38. The van der Waals surface area contributed by atoms with Crippen LogP contribution in [-0.4, -0.2) is 75.3 Å². The number of amides is 3. The van der Waals surface area contributed by atoms with E-state index in [1.807, 2.05) is 64.1 Å². The number of anilines is 1. The van der Waals surface area contributed by atoms with Crippen LogP contribution in [0.25, 0.3) is 11.1 Å². The largest absolute Gasteiger partial charge is 0.481 e. The highest BCUT2D eigenvalue weighted by molar-refractivity contribution is 8.76. The minimum Gasteiger partial charge on any atom is -0.481 e. The van der Waals surface area contributed by atoms with E-state index >= 15 is 0 Å². The van der Waals surface area contributed by atoms with E-state index in [1.165, 1.54) is 94.0 Å². The predicted octanol–water partition coefficient (Wildman–Crippen LogP) is 10.6. The number of unbranched alkanes of at least 4 members (excludes halogenated alkanes) is 14. The molecule has 12 heteroatoms. The van der Waals surface area contributed by atoms with Crippen LogP contribution in [0.3, 0.4) is 0 Å². The molecule has 2 aliphatic rings. The van der Waals surface area contributed by atoms with E-state index in [0.29, 0.717) is 12.1 Å². The van der Waals surface area contributed by atoms with E-state index in [4.69, 9.17) is 9.84 Å². The molecule has 56 heavy (non-hydrogen) atoms. The molecule has 0 bridgehead atoms. The summed E-state index contributed by atoms with van der Waals surface area (Å²) in [6.45, 7) is 1.69. The molecule has 308 valence electrons. The number of hydrogen-bond acceptors (Lipinski definition) is 9. The molecule has 3 amide bonds. The zero-order valence-corrected chi connectivity index (χ0v) is 35.7. The normalized spacial score (nSPS) is 15.9. The van der Waals surface area contributed by atoms with Gasteiger partial charge in [-0.05, 0) is 65.8 Å². The number of fused-ring (bicyclic) bond motifs is 3. The van der Waals surface area contributed by atoms with E-state index in [-0.39, 0.29) is 60.9 Å². The quantitative estimate of drug-likeness (QED) is 0.0340. The van der Waals surface area contributed by atoms with Crippen LogP contribution in [0.15, 0.2) is 42.5 Å². The number of rotatable bonds is 30. The number of nitrogens with zero attached hydrogens (tertiary/aromatic N) is 1. The maximum Gasteiger partial charge on any atom is 0.303 e. The van der Waals surface area contributed by atoms with Gasteiger partial charge in [0.25, 0.3) is 0 Å². The van der Waals surface area contributed by atoms with Crippen molar-refractivity contribution in [1.82, 2.24) is 4.90 Å². The van der Waals surface area contributed by atoms with Crippen molar-refractivity contribution in [2.45, 2.75) is 140 Å². The molecule has 9 nitrogen and oxygen atoms in total. The zero-order chi connectivity index (χ0) is 40.0. The Labute approximate surface area is 346 Å². The number of likely N-dealkylation sites (tertiary alicyclic amines) is 1. The summed E-state index contributed by atoms with van der Waals surface area (Å²) in [5, 5.41) is 11.2. The SMILES string of the molecule is CC(=O)OCC1c2ccccc2-c2ccc(NC(=O)CCN3C(=O)CC(SCCCCCCCCCCSSCCCCCCCCCCC(=O)O)C3=O)cc21. The molecule has 1 aliphatic carbocycles.